The Labute approximate surface area is 167 Å². The molecule has 0 spiro atoms. The normalized spacial score (nSPS) is 10.9. The minimum atomic E-state index is -4.57. The zero-order valence-electron chi connectivity index (χ0n) is 15.4. The highest BCUT2D eigenvalue weighted by Gasteiger charge is 2.31. The molecule has 30 heavy (non-hydrogen) atoms. The maximum absolute atomic E-state index is 12.8. The lowest BCUT2D eigenvalue weighted by Crippen LogP contribution is -2.12. The summed E-state index contributed by atoms with van der Waals surface area (Å²) in [6.07, 6.45) is -2.78. The van der Waals surface area contributed by atoms with Gasteiger partial charge in [0.1, 0.15) is 24.2 Å². The Morgan fingerprint density at radius 1 is 1.20 bits per heavy atom. The number of hydrogen-bond acceptors (Lipinski definition) is 7. The van der Waals surface area contributed by atoms with Crippen LogP contribution in [-0.4, -0.2) is 22.1 Å². The Morgan fingerprint density at radius 3 is 2.70 bits per heavy atom. The number of nitriles is 1. The molecular weight excluding hydrogens is 405 g/mol. The molecule has 1 N–H and O–H groups in total. The Kier molecular flexibility index (Phi) is 5.87. The van der Waals surface area contributed by atoms with Crippen LogP contribution in [-0.2, 0) is 12.8 Å². The highest BCUT2D eigenvalue weighted by Crippen LogP contribution is 2.32. The van der Waals surface area contributed by atoms with Gasteiger partial charge in [-0.3, -0.25) is 9.97 Å². The fourth-order valence-corrected chi connectivity index (χ4v) is 2.36. The number of aromatic nitrogens is 3. The van der Waals surface area contributed by atoms with E-state index in [1.165, 1.54) is 25.3 Å². The number of H-pyrrole nitrogens is 1. The van der Waals surface area contributed by atoms with Crippen LogP contribution in [0.1, 0.15) is 16.7 Å². The number of benzene rings is 1. The van der Waals surface area contributed by atoms with Crippen molar-refractivity contribution in [3.8, 4) is 29.3 Å². The number of nitrogens with zero attached hydrogens (tertiary/aromatic N) is 3. The molecule has 0 amide bonds. The number of methoxy groups -OCH3 is 1. The number of rotatable bonds is 6. The van der Waals surface area contributed by atoms with Crippen LogP contribution in [0.2, 0.25) is 0 Å². The number of ether oxygens (including phenoxy) is 3. The molecule has 3 rings (SSSR count). The van der Waals surface area contributed by atoms with E-state index >= 15 is 0 Å². The predicted molar refractivity (Wildman–Crippen MR) is 96.2 cm³/mol. The van der Waals surface area contributed by atoms with Crippen molar-refractivity contribution < 1.29 is 27.4 Å². The van der Waals surface area contributed by atoms with Crippen molar-refractivity contribution in [2.24, 2.45) is 0 Å². The molecule has 0 radical (unpaired) electrons. The molecule has 0 saturated carbocycles. The van der Waals surface area contributed by atoms with Crippen LogP contribution in [0, 0.1) is 11.3 Å². The first-order chi connectivity index (χ1) is 14.3. The van der Waals surface area contributed by atoms with Gasteiger partial charge in [0.15, 0.2) is 0 Å². The summed E-state index contributed by atoms with van der Waals surface area (Å²) in [6.45, 7) is -0.0107. The van der Waals surface area contributed by atoms with Gasteiger partial charge in [-0.2, -0.15) is 23.4 Å². The third-order valence-electron chi connectivity index (χ3n) is 3.73. The van der Waals surface area contributed by atoms with Gasteiger partial charge in [0.2, 0.25) is 11.8 Å². The van der Waals surface area contributed by atoms with E-state index in [0.29, 0.717) is 11.8 Å². The standard InChI is InChI=1S/C19H13F3N4O4/c1-28-16-6-17(26-18(27)25-16)29-10-11-2-3-15(12(4-11)7-23)30-14-5-13(8-24-9-14)19(20,21)22/h2-6,8-9H,10H2,1H3,(H,25,26,27). The van der Waals surface area contributed by atoms with Crippen molar-refractivity contribution in [3.05, 3.63) is 69.9 Å². The summed E-state index contributed by atoms with van der Waals surface area (Å²) in [6, 6.07) is 8.52. The Balaban J connectivity index is 1.76. The van der Waals surface area contributed by atoms with Gasteiger partial charge < -0.3 is 14.2 Å². The van der Waals surface area contributed by atoms with Crippen LogP contribution in [0.15, 0.2) is 47.5 Å². The number of pyridine rings is 1. The number of halogens is 3. The summed E-state index contributed by atoms with van der Waals surface area (Å²) in [5.74, 6) is 0.0822. The van der Waals surface area contributed by atoms with Gasteiger partial charge in [0.25, 0.3) is 0 Å². The maximum atomic E-state index is 12.8. The van der Waals surface area contributed by atoms with Crippen molar-refractivity contribution in [2.75, 3.05) is 7.11 Å². The second kappa shape index (κ2) is 8.52. The summed E-state index contributed by atoms with van der Waals surface area (Å²) in [7, 11) is 1.35. The largest absolute Gasteiger partial charge is 0.481 e. The first-order valence-corrected chi connectivity index (χ1v) is 8.30. The lowest BCUT2D eigenvalue weighted by molar-refractivity contribution is -0.137. The first-order valence-electron chi connectivity index (χ1n) is 8.30. The summed E-state index contributed by atoms with van der Waals surface area (Å²) in [5.41, 5.74) is -0.988. The van der Waals surface area contributed by atoms with Gasteiger partial charge in [0.05, 0.1) is 30.5 Å². The molecular formula is C19H13F3N4O4. The van der Waals surface area contributed by atoms with Crippen LogP contribution in [0.5, 0.6) is 23.3 Å². The van der Waals surface area contributed by atoms with Gasteiger partial charge in [-0.1, -0.05) is 6.07 Å². The number of alkyl halides is 3. The SMILES string of the molecule is COc1cc(OCc2ccc(Oc3cncc(C(F)(F)F)c3)c(C#N)c2)[nH]c(=O)n1. The highest BCUT2D eigenvalue weighted by molar-refractivity contribution is 5.47. The molecule has 3 aromatic rings. The van der Waals surface area contributed by atoms with E-state index in [0.717, 1.165) is 12.3 Å². The number of aromatic amines is 1. The van der Waals surface area contributed by atoms with Crippen molar-refractivity contribution in [1.82, 2.24) is 15.0 Å². The smallest absolute Gasteiger partial charge is 0.418 e. The van der Waals surface area contributed by atoms with Gasteiger partial charge in [0, 0.05) is 6.20 Å². The van der Waals surface area contributed by atoms with E-state index in [1.54, 1.807) is 6.07 Å². The molecule has 2 aromatic heterocycles. The third kappa shape index (κ3) is 5.05. The van der Waals surface area contributed by atoms with E-state index in [2.05, 4.69) is 15.0 Å². The molecule has 154 valence electrons. The van der Waals surface area contributed by atoms with Crippen LogP contribution < -0.4 is 19.9 Å². The zero-order chi connectivity index (χ0) is 21.7. The van der Waals surface area contributed by atoms with Gasteiger partial charge in [-0.15, -0.1) is 0 Å². The van der Waals surface area contributed by atoms with E-state index in [-0.39, 0.29) is 35.4 Å². The van der Waals surface area contributed by atoms with Gasteiger partial charge in [-0.05, 0) is 23.8 Å². The molecule has 0 aliphatic carbocycles. The monoisotopic (exact) mass is 418 g/mol. The molecule has 0 fully saturated rings. The van der Waals surface area contributed by atoms with E-state index < -0.39 is 17.4 Å². The summed E-state index contributed by atoms with van der Waals surface area (Å²) >= 11 is 0. The second-order valence-electron chi connectivity index (χ2n) is 5.83. The Morgan fingerprint density at radius 2 is 2.00 bits per heavy atom. The molecule has 1 aromatic carbocycles. The molecule has 11 heteroatoms. The summed E-state index contributed by atoms with van der Waals surface area (Å²) in [4.78, 5) is 20.9. The molecule has 0 aliphatic heterocycles. The molecule has 0 aliphatic rings. The molecule has 0 atom stereocenters. The molecule has 8 nitrogen and oxygen atoms in total. The quantitative estimate of drug-likeness (QED) is 0.653. The van der Waals surface area contributed by atoms with Crippen molar-refractivity contribution in [3.63, 3.8) is 0 Å². The average Bonchev–Trinajstić information content (AvgIpc) is 2.72. The van der Waals surface area contributed by atoms with Gasteiger partial charge >= 0.3 is 11.9 Å². The molecule has 0 unspecified atom stereocenters. The van der Waals surface area contributed by atoms with Crippen molar-refractivity contribution in [2.45, 2.75) is 12.8 Å². The average molecular weight is 418 g/mol. The maximum Gasteiger partial charge on any atom is 0.418 e. The van der Waals surface area contributed by atoms with Crippen molar-refractivity contribution in [1.29, 1.82) is 5.26 Å². The number of nitrogens with one attached hydrogen (secondary N) is 1. The van der Waals surface area contributed by atoms with E-state index in [9.17, 15) is 23.2 Å². The lowest BCUT2D eigenvalue weighted by Gasteiger charge is -2.11. The molecule has 0 saturated heterocycles. The minimum Gasteiger partial charge on any atom is -0.481 e. The molecule has 0 bridgehead atoms. The van der Waals surface area contributed by atoms with E-state index in [1.807, 2.05) is 6.07 Å². The predicted octanol–water partition coefficient (Wildman–Crippen LogP) is 3.44. The summed E-state index contributed by atoms with van der Waals surface area (Å²) in [5, 5.41) is 9.36. The van der Waals surface area contributed by atoms with Crippen LogP contribution in [0.4, 0.5) is 13.2 Å². The van der Waals surface area contributed by atoms with Crippen LogP contribution in [0.3, 0.4) is 0 Å². The first kappa shape index (κ1) is 20.7. The highest BCUT2D eigenvalue weighted by atomic mass is 19.4. The number of hydrogen-bond donors (Lipinski definition) is 1. The lowest BCUT2D eigenvalue weighted by atomic mass is 10.1. The molecule has 2 heterocycles. The van der Waals surface area contributed by atoms with Gasteiger partial charge in [-0.25, -0.2) is 4.79 Å². The van der Waals surface area contributed by atoms with Crippen molar-refractivity contribution >= 4 is 0 Å². The second-order valence-corrected chi connectivity index (χ2v) is 5.83. The third-order valence-corrected chi connectivity index (χ3v) is 3.73. The van der Waals surface area contributed by atoms with Crippen LogP contribution >= 0.6 is 0 Å². The Hall–Kier alpha value is -4.07. The Bertz CT molecular complexity index is 1160. The van der Waals surface area contributed by atoms with E-state index in [4.69, 9.17) is 14.2 Å². The fraction of sp³-hybridized carbons (Fsp3) is 0.158. The van der Waals surface area contributed by atoms with Crippen LogP contribution in [0.25, 0.3) is 0 Å². The fourth-order valence-electron chi connectivity index (χ4n) is 2.36. The summed E-state index contributed by atoms with van der Waals surface area (Å²) < 4.78 is 54.2. The minimum absolute atomic E-state index is 0.0107. The zero-order valence-corrected chi connectivity index (χ0v) is 15.4. The topological polar surface area (TPSA) is 110 Å².